The molecule has 0 spiro atoms. The first-order chi connectivity index (χ1) is 13.6. The fourth-order valence-corrected chi connectivity index (χ4v) is 4.08. The van der Waals surface area contributed by atoms with Gasteiger partial charge in [-0.25, -0.2) is 4.98 Å². The summed E-state index contributed by atoms with van der Waals surface area (Å²) < 4.78 is 12.7. The molecular weight excluding hydrogens is 372 g/mol. The van der Waals surface area contributed by atoms with Gasteiger partial charge >= 0.3 is 0 Å². The highest BCUT2D eigenvalue weighted by Crippen LogP contribution is 2.42. The fraction of sp³-hybridized carbons (Fsp3) is 0.136. The number of imidazole rings is 1. The Labute approximate surface area is 167 Å². The third-order valence-corrected chi connectivity index (χ3v) is 5.51. The van der Waals surface area contributed by atoms with E-state index in [1.807, 2.05) is 31.3 Å². The SMILES string of the molecule is COc1cc(-c2nc(-c3ccccc3)c(-c3cccs3)n2C)cc(OC)c1O. The second-order valence-corrected chi connectivity index (χ2v) is 7.21. The molecule has 1 N–H and O–H groups in total. The normalized spacial score (nSPS) is 10.8. The van der Waals surface area contributed by atoms with Crippen LogP contribution in [0.3, 0.4) is 0 Å². The molecule has 0 fully saturated rings. The molecule has 6 heteroatoms. The van der Waals surface area contributed by atoms with Crippen molar-refractivity contribution in [2.45, 2.75) is 0 Å². The Hall–Kier alpha value is -3.25. The van der Waals surface area contributed by atoms with Gasteiger partial charge in [-0.3, -0.25) is 0 Å². The number of hydrogen-bond donors (Lipinski definition) is 1. The number of aromatic nitrogens is 2. The van der Waals surface area contributed by atoms with E-state index in [4.69, 9.17) is 14.5 Å². The maximum atomic E-state index is 10.2. The zero-order valence-corrected chi connectivity index (χ0v) is 16.7. The first-order valence-electron chi connectivity index (χ1n) is 8.75. The molecule has 4 aromatic rings. The van der Waals surface area contributed by atoms with E-state index in [9.17, 15) is 5.11 Å². The zero-order valence-electron chi connectivity index (χ0n) is 15.8. The Balaban J connectivity index is 1.97. The van der Waals surface area contributed by atoms with Gasteiger partial charge in [-0.15, -0.1) is 11.3 Å². The Bertz CT molecular complexity index is 1080. The van der Waals surface area contributed by atoms with Gasteiger partial charge in [0.15, 0.2) is 11.5 Å². The van der Waals surface area contributed by atoms with Crippen molar-refractivity contribution in [3.05, 3.63) is 60.0 Å². The summed E-state index contributed by atoms with van der Waals surface area (Å²) in [6.07, 6.45) is 0. The number of hydrogen-bond acceptors (Lipinski definition) is 5. The quantitative estimate of drug-likeness (QED) is 0.507. The summed E-state index contributed by atoms with van der Waals surface area (Å²) >= 11 is 1.68. The van der Waals surface area contributed by atoms with Crippen LogP contribution in [0.2, 0.25) is 0 Å². The van der Waals surface area contributed by atoms with Crippen LogP contribution in [0.5, 0.6) is 17.2 Å². The number of rotatable bonds is 5. The first kappa shape index (κ1) is 18.1. The lowest BCUT2D eigenvalue weighted by atomic mass is 10.1. The maximum Gasteiger partial charge on any atom is 0.200 e. The van der Waals surface area contributed by atoms with Crippen LogP contribution in [-0.2, 0) is 7.05 Å². The minimum Gasteiger partial charge on any atom is -0.502 e. The molecule has 28 heavy (non-hydrogen) atoms. The van der Waals surface area contributed by atoms with Crippen molar-refractivity contribution in [3.63, 3.8) is 0 Å². The van der Waals surface area contributed by atoms with Crippen LogP contribution in [-0.4, -0.2) is 28.9 Å². The second kappa shape index (κ2) is 7.40. The molecule has 0 saturated carbocycles. The Morgan fingerprint density at radius 1 is 0.929 bits per heavy atom. The molecular formula is C22H20N2O3S. The number of phenols is 1. The largest absolute Gasteiger partial charge is 0.502 e. The lowest BCUT2D eigenvalue weighted by Gasteiger charge is -2.11. The third-order valence-electron chi connectivity index (χ3n) is 4.63. The smallest absolute Gasteiger partial charge is 0.200 e. The molecule has 0 aliphatic carbocycles. The van der Waals surface area contributed by atoms with Crippen molar-refractivity contribution in [2.75, 3.05) is 14.2 Å². The maximum absolute atomic E-state index is 10.2. The minimum absolute atomic E-state index is 0.0234. The molecule has 0 unspecified atom stereocenters. The number of phenolic OH excluding ortho intramolecular Hbond substituents is 1. The van der Waals surface area contributed by atoms with E-state index in [0.717, 1.165) is 33.2 Å². The highest BCUT2D eigenvalue weighted by Gasteiger charge is 2.21. The molecule has 142 valence electrons. The molecule has 0 amide bonds. The average molecular weight is 392 g/mol. The van der Waals surface area contributed by atoms with E-state index < -0.39 is 0 Å². The van der Waals surface area contributed by atoms with Crippen LogP contribution < -0.4 is 9.47 Å². The molecule has 4 rings (SSSR count). The monoisotopic (exact) mass is 392 g/mol. The van der Waals surface area contributed by atoms with Crippen molar-refractivity contribution < 1.29 is 14.6 Å². The highest BCUT2D eigenvalue weighted by atomic mass is 32.1. The van der Waals surface area contributed by atoms with E-state index in [-0.39, 0.29) is 5.75 Å². The van der Waals surface area contributed by atoms with Crippen molar-refractivity contribution >= 4 is 11.3 Å². The summed E-state index contributed by atoms with van der Waals surface area (Å²) in [6.45, 7) is 0. The van der Waals surface area contributed by atoms with Crippen LogP contribution in [0.15, 0.2) is 60.0 Å². The zero-order chi connectivity index (χ0) is 19.7. The summed E-state index contributed by atoms with van der Waals surface area (Å²) in [6, 6.07) is 17.8. The molecule has 2 heterocycles. The summed E-state index contributed by atoms with van der Waals surface area (Å²) in [5.74, 6) is 1.43. The predicted octanol–water partition coefficient (Wildman–Crippen LogP) is 5.21. The number of aromatic hydroxyl groups is 1. The molecule has 5 nitrogen and oxygen atoms in total. The van der Waals surface area contributed by atoms with Crippen LogP contribution in [0.1, 0.15) is 0 Å². The molecule has 0 atom stereocenters. The van der Waals surface area contributed by atoms with Gasteiger partial charge in [0, 0.05) is 18.2 Å². The molecule has 0 bridgehead atoms. The van der Waals surface area contributed by atoms with Crippen molar-refractivity contribution in [1.29, 1.82) is 0 Å². The summed E-state index contributed by atoms with van der Waals surface area (Å²) in [4.78, 5) is 6.10. The van der Waals surface area contributed by atoms with Gasteiger partial charge in [0.1, 0.15) is 5.82 Å². The lowest BCUT2D eigenvalue weighted by Crippen LogP contribution is -1.96. The molecule has 2 aromatic carbocycles. The summed E-state index contributed by atoms with van der Waals surface area (Å²) in [5, 5.41) is 12.3. The number of ether oxygens (including phenoxy) is 2. The number of nitrogens with zero attached hydrogens (tertiary/aromatic N) is 2. The van der Waals surface area contributed by atoms with Crippen molar-refractivity contribution in [2.24, 2.45) is 7.05 Å². The van der Waals surface area contributed by atoms with E-state index in [2.05, 4.69) is 28.1 Å². The van der Waals surface area contributed by atoms with E-state index in [1.165, 1.54) is 14.2 Å². The van der Waals surface area contributed by atoms with Gasteiger partial charge in [-0.05, 0) is 23.6 Å². The van der Waals surface area contributed by atoms with E-state index in [0.29, 0.717) is 11.5 Å². The summed E-state index contributed by atoms with van der Waals surface area (Å²) in [7, 11) is 5.03. The standard InChI is InChI=1S/C22H20N2O3S/c1-24-20(18-10-7-11-28-18)19(14-8-5-4-6-9-14)23-22(24)15-12-16(26-2)21(25)17(13-15)27-3/h4-13,25H,1-3H3. The average Bonchev–Trinajstić information content (AvgIpc) is 3.36. The van der Waals surface area contributed by atoms with E-state index >= 15 is 0 Å². The minimum atomic E-state index is -0.0234. The van der Waals surface area contributed by atoms with Gasteiger partial charge < -0.3 is 19.1 Å². The van der Waals surface area contributed by atoms with Gasteiger partial charge in [0.2, 0.25) is 5.75 Å². The predicted molar refractivity (Wildman–Crippen MR) is 112 cm³/mol. The number of benzene rings is 2. The van der Waals surface area contributed by atoms with E-state index in [1.54, 1.807) is 23.5 Å². The van der Waals surface area contributed by atoms with Gasteiger partial charge in [-0.2, -0.15) is 0 Å². The van der Waals surface area contributed by atoms with Crippen LogP contribution in [0.25, 0.3) is 33.2 Å². The van der Waals surface area contributed by atoms with Crippen molar-refractivity contribution in [1.82, 2.24) is 9.55 Å². The molecule has 0 saturated heterocycles. The number of methoxy groups -OCH3 is 2. The molecule has 0 radical (unpaired) electrons. The Morgan fingerprint density at radius 2 is 1.61 bits per heavy atom. The van der Waals surface area contributed by atoms with Crippen LogP contribution in [0, 0.1) is 0 Å². The molecule has 2 aromatic heterocycles. The van der Waals surface area contributed by atoms with Gasteiger partial charge in [-0.1, -0.05) is 36.4 Å². The summed E-state index contributed by atoms with van der Waals surface area (Å²) in [5.41, 5.74) is 3.80. The van der Waals surface area contributed by atoms with Crippen LogP contribution >= 0.6 is 11.3 Å². The highest BCUT2D eigenvalue weighted by molar-refractivity contribution is 7.13. The van der Waals surface area contributed by atoms with Gasteiger partial charge in [0.05, 0.1) is 30.5 Å². The topological polar surface area (TPSA) is 56.5 Å². The molecule has 0 aliphatic heterocycles. The first-order valence-corrected chi connectivity index (χ1v) is 9.63. The molecule has 0 aliphatic rings. The third kappa shape index (κ3) is 3.01. The second-order valence-electron chi connectivity index (χ2n) is 6.26. The Kier molecular flexibility index (Phi) is 4.79. The number of thiophene rings is 1. The fourth-order valence-electron chi connectivity index (χ4n) is 3.27. The van der Waals surface area contributed by atoms with Crippen molar-refractivity contribution in [3.8, 4) is 50.5 Å². The lowest BCUT2D eigenvalue weighted by molar-refractivity contribution is 0.340. The van der Waals surface area contributed by atoms with Crippen LogP contribution in [0.4, 0.5) is 0 Å². The van der Waals surface area contributed by atoms with Gasteiger partial charge in [0.25, 0.3) is 0 Å². The Morgan fingerprint density at radius 3 is 2.18 bits per heavy atom.